The molecule has 2 amide bonds. The van der Waals surface area contributed by atoms with E-state index in [1.54, 1.807) is 67.6 Å². The summed E-state index contributed by atoms with van der Waals surface area (Å²) in [6.07, 6.45) is 13.7. The third kappa shape index (κ3) is 15.5. The molecule has 10 heteroatoms. The van der Waals surface area contributed by atoms with Crippen molar-refractivity contribution in [3.8, 4) is 5.75 Å². The zero-order valence-corrected chi connectivity index (χ0v) is 28.7. The first-order valence-corrected chi connectivity index (χ1v) is 16.3. The van der Waals surface area contributed by atoms with Gasteiger partial charge in [0, 0.05) is 18.4 Å². The Morgan fingerprint density at radius 2 is 1.67 bits per heavy atom. The first-order chi connectivity index (χ1) is 23.6. The molecule has 10 nitrogen and oxygen atoms in total. The Bertz CT molecular complexity index is 1520. The Labute approximate surface area is 289 Å². The molecule has 0 aliphatic heterocycles. The monoisotopic (exact) mass is 672 g/mol. The smallest absolute Gasteiger partial charge is 0.343 e. The SMILES string of the molecule is C=CC=C(C=C)CC(=O)Nc1cccc(C(=O)NC(CC(C)=CC=C(COC)OC(=O)c2ccc(OCCCCCCC)cc2)C(=O)O)c1. The second-order valence-electron chi connectivity index (χ2n) is 11.3. The highest BCUT2D eigenvalue weighted by Gasteiger charge is 2.21. The van der Waals surface area contributed by atoms with Gasteiger partial charge in [0.15, 0.2) is 0 Å². The minimum Gasteiger partial charge on any atom is -0.494 e. The van der Waals surface area contributed by atoms with Crippen LogP contribution in [-0.4, -0.2) is 55.2 Å². The lowest BCUT2D eigenvalue weighted by Crippen LogP contribution is -2.41. The van der Waals surface area contributed by atoms with Crippen molar-refractivity contribution in [2.45, 2.75) is 64.8 Å². The van der Waals surface area contributed by atoms with E-state index in [1.807, 2.05) is 0 Å². The maximum absolute atomic E-state index is 13.0. The van der Waals surface area contributed by atoms with Crippen LogP contribution in [0.25, 0.3) is 0 Å². The summed E-state index contributed by atoms with van der Waals surface area (Å²) in [6.45, 7) is 11.8. The molecule has 2 aromatic rings. The number of anilines is 1. The number of hydrogen-bond acceptors (Lipinski definition) is 7. The number of carboxylic acids is 1. The van der Waals surface area contributed by atoms with E-state index in [0.717, 1.165) is 12.8 Å². The molecule has 0 heterocycles. The average molecular weight is 673 g/mol. The molecule has 0 aliphatic carbocycles. The number of carbonyl (C=O) groups is 4. The van der Waals surface area contributed by atoms with Crippen LogP contribution >= 0.6 is 0 Å². The molecular formula is C39H48N2O8. The lowest BCUT2D eigenvalue weighted by molar-refractivity contribution is -0.139. The predicted octanol–water partition coefficient (Wildman–Crippen LogP) is 7.57. The van der Waals surface area contributed by atoms with Crippen molar-refractivity contribution >= 4 is 29.4 Å². The summed E-state index contributed by atoms with van der Waals surface area (Å²) in [7, 11) is 1.46. The number of aliphatic carboxylic acids is 1. The van der Waals surface area contributed by atoms with Gasteiger partial charge in [0.2, 0.25) is 5.91 Å². The topological polar surface area (TPSA) is 140 Å². The second kappa shape index (κ2) is 22.4. The summed E-state index contributed by atoms with van der Waals surface area (Å²) < 4.78 is 16.5. The highest BCUT2D eigenvalue weighted by atomic mass is 16.6. The van der Waals surface area contributed by atoms with E-state index in [9.17, 15) is 24.3 Å². The predicted molar refractivity (Wildman–Crippen MR) is 192 cm³/mol. The lowest BCUT2D eigenvalue weighted by atomic mass is 10.1. The molecule has 0 radical (unpaired) electrons. The number of amides is 2. The van der Waals surface area contributed by atoms with Crippen LogP contribution in [0.1, 0.15) is 79.5 Å². The Kier molecular flexibility index (Phi) is 18.2. The Morgan fingerprint density at radius 1 is 0.939 bits per heavy atom. The first-order valence-electron chi connectivity index (χ1n) is 16.3. The number of ether oxygens (including phenoxy) is 3. The number of nitrogens with one attached hydrogen (secondary N) is 2. The van der Waals surface area contributed by atoms with Crippen molar-refractivity contribution in [2.75, 3.05) is 25.6 Å². The molecule has 0 fully saturated rings. The molecule has 0 saturated heterocycles. The first kappa shape index (κ1) is 40.0. The summed E-state index contributed by atoms with van der Waals surface area (Å²) in [5, 5.41) is 15.1. The van der Waals surface area contributed by atoms with Crippen LogP contribution in [0.3, 0.4) is 0 Å². The molecule has 49 heavy (non-hydrogen) atoms. The third-order valence-electron chi connectivity index (χ3n) is 7.17. The van der Waals surface area contributed by atoms with Gasteiger partial charge in [-0.3, -0.25) is 9.59 Å². The van der Waals surface area contributed by atoms with Gasteiger partial charge in [-0.05, 0) is 73.9 Å². The fourth-order valence-corrected chi connectivity index (χ4v) is 4.56. The van der Waals surface area contributed by atoms with Crippen molar-refractivity contribution in [3.63, 3.8) is 0 Å². The summed E-state index contributed by atoms with van der Waals surface area (Å²) in [5.74, 6) is -1.85. The number of benzene rings is 2. The van der Waals surface area contributed by atoms with E-state index in [0.29, 0.717) is 34.8 Å². The number of unbranched alkanes of at least 4 members (excludes halogenated alkanes) is 4. The van der Waals surface area contributed by atoms with Gasteiger partial charge in [0.25, 0.3) is 5.91 Å². The van der Waals surface area contributed by atoms with E-state index in [1.165, 1.54) is 44.6 Å². The number of carbonyl (C=O) groups excluding carboxylic acids is 3. The van der Waals surface area contributed by atoms with Crippen molar-refractivity contribution in [2.24, 2.45) is 0 Å². The minimum atomic E-state index is -1.25. The third-order valence-corrected chi connectivity index (χ3v) is 7.17. The number of carboxylic acid groups (broad SMARTS) is 1. The van der Waals surface area contributed by atoms with Crippen molar-refractivity contribution in [1.29, 1.82) is 0 Å². The van der Waals surface area contributed by atoms with E-state index >= 15 is 0 Å². The summed E-state index contributed by atoms with van der Waals surface area (Å²) >= 11 is 0. The molecule has 0 aliphatic rings. The molecule has 1 unspecified atom stereocenters. The molecule has 0 spiro atoms. The van der Waals surface area contributed by atoms with Crippen molar-refractivity contribution < 1.29 is 38.5 Å². The highest BCUT2D eigenvalue weighted by molar-refractivity contribution is 5.99. The van der Waals surface area contributed by atoms with Crippen molar-refractivity contribution in [3.05, 3.63) is 120 Å². The molecule has 0 bridgehead atoms. The molecule has 1 atom stereocenters. The highest BCUT2D eigenvalue weighted by Crippen LogP contribution is 2.17. The van der Waals surface area contributed by atoms with Gasteiger partial charge in [-0.25, -0.2) is 9.59 Å². The second-order valence-corrected chi connectivity index (χ2v) is 11.3. The van der Waals surface area contributed by atoms with E-state index in [-0.39, 0.29) is 36.7 Å². The average Bonchev–Trinajstić information content (AvgIpc) is 3.08. The van der Waals surface area contributed by atoms with Crippen LogP contribution in [0.4, 0.5) is 5.69 Å². The normalized spacial score (nSPS) is 12.4. The minimum absolute atomic E-state index is 0.000164. The fourth-order valence-electron chi connectivity index (χ4n) is 4.56. The summed E-state index contributed by atoms with van der Waals surface area (Å²) in [4.78, 5) is 50.2. The number of methoxy groups -OCH3 is 1. The van der Waals surface area contributed by atoms with E-state index < -0.39 is 23.9 Å². The summed E-state index contributed by atoms with van der Waals surface area (Å²) in [6, 6.07) is 11.6. The van der Waals surface area contributed by atoms with E-state index in [4.69, 9.17) is 14.2 Å². The van der Waals surface area contributed by atoms with Gasteiger partial charge in [-0.2, -0.15) is 0 Å². The number of hydrogen-bond donors (Lipinski definition) is 3. The Balaban J connectivity index is 2.01. The van der Waals surface area contributed by atoms with E-state index in [2.05, 4.69) is 30.7 Å². The van der Waals surface area contributed by atoms with Crippen LogP contribution < -0.4 is 15.4 Å². The molecule has 262 valence electrons. The van der Waals surface area contributed by atoms with Crippen LogP contribution in [-0.2, 0) is 19.1 Å². The quantitative estimate of drug-likeness (QED) is 0.0504. The molecule has 2 aromatic carbocycles. The van der Waals surface area contributed by atoms with Crippen LogP contribution in [0.2, 0.25) is 0 Å². The zero-order chi connectivity index (χ0) is 36.0. The number of allylic oxidation sites excluding steroid dienone is 5. The molecule has 0 aromatic heterocycles. The molecule has 2 rings (SSSR count). The molecular weight excluding hydrogens is 624 g/mol. The number of esters is 1. The van der Waals surface area contributed by atoms with Crippen LogP contribution in [0.5, 0.6) is 5.75 Å². The largest absolute Gasteiger partial charge is 0.494 e. The summed E-state index contributed by atoms with van der Waals surface area (Å²) in [5.41, 5.74) is 2.16. The zero-order valence-electron chi connectivity index (χ0n) is 28.7. The van der Waals surface area contributed by atoms with Gasteiger partial charge in [-0.1, -0.05) is 81.7 Å². The van der Waals surface area contributed by atoms with Gasteiger partial charge < -0.3 is 30.0 Å². The van der Waals surface area contributed by atoms with Gasteiger partial charge in [0.1, 0.15) is 24.2 Å². The maximum atomic E-state index is 13.0. The maximum Gasteiger partial charge on any atom is 0.343 e. The Morgan fingerprint density at radius 3 is 2.33 bits per heavy atom. The van der Waals surface area contributed by atoms with Crippen LogP contribution in [0, 0.1) is 0 Å². The standard InChI is InChI=1S/C39H48N2O8/c1-6-9-10-11-12-23-48-33-21-18-30(19-22-33)39(46)49-34(27-47-5)20-17-28(4)24-35(38(44)45)41-37(43)31-15-13-16-32(26-31)40-36(42)25-29(8-3)14-7-2/h7-8,13-22,26,35H,2-3,6,9-12,23-25,27H2,1,4-5H3,(H,40,42)(H,41,43)(H,44,45). The Hall–Kier alpha value is -5.22. The van der Waals surface area contributed by atoms with Crippen molar-refractivity contribution in [1.82, 2.24) is 5.32 Å². The van der Waals surface area contributed by atoms with Gasteiger partial charge in [-0.15, -0.1) is 0 Å². The number of rotatable bonds is 22. The molecule has 3 N–H and O–H groups in total. The lowest BCUT2D eigenvalue weighted by Gasteiger charge is -2.15. The fraction of sp³-hybridized carbons (Fsp3) is 0.333. The molecule has 0 saturated carbocycles. The van der Waals surface area contributed by atoms with Gasteiger partial charge >= 0.3 is 11.9 Å². The van der Waals surface area contributed by atoms with Gasteiger partial charge in [0.05, 0.1) is 18.6 Å². The van der Waals surface area contributed by atoms with Crippen LogP contribution in [0.15, 0.2) is 109 Å².